The van der Waals surface area contributed by atoms with Crippen LogP contribution in [0.2, 0.25) is 0 Å². The van der Waals surface area contributed by atoms with Crippen LogP contribution in [0.25, 0.3) is 10.2 Å². The largest absolute Gasteiger partial charge is 0.497 e. The predicted octanol–water partition coefficient (Wildman–Crippen LogP) is 1.50. The van der Waals surface area contributed by atoms with Crippen molar-refractivity contribution in [2.75, 3.05) is 31.6 Å². The Morgan fingerprint density at radius 1 is 1.36 bits per heavy atom. The van der Waals surface area contributed by atoms with E-state index in [0.29, 0.717) is 32.6 Å². The summed E-state index contributed by atoms with van der Waals surface area (Å²) in [5.41, 5.74) is 0.786. The maximum absolute atomic E-state index is 12.3. The van der Waals surface area contributed by atoms with Crippen LogP contribution in [0.4, 0.5) is 5.13 Å². The molecule has 3 heterocycles. The highest BCUT2D eigenvalue weighted by Gasteiger charge is 2.34. The van der Waals surface area contributed by atoms with Gasteiger partial charge in [-0.3, -0.25) is 9.59 Å². The molecule has 1 aliphatic rings. The third-order valence-corrected chi connectivity index (χ3v) is 5.83. The Kier molecular flexibility index (Phi) is 5.25. The number of ether oxygens (including phenoxy) is 1. The standard InChI is InChI=1S/C19H21N5O3S/c1-27-14-5-6-16-15(10-14)22-19(28-16)23-11-13(12-23)18(26)20-7-3-9-24-17(25)4-2-8-21-24/h2,4-6,8,10,13H,3,7,9,11-12H2,1H3,(H,20,26). The van der Waals surface area contributed by atoms with Crippen molar-refractivity contribution < 1.29 is 9.53 Å². The number of aromatic nitrogens is 3. The van der Waals surface area contributed by atoms with Crippen LogP contribution in [0.15, 0.2) is 41.3 Å². The lowest BCUT2D eigenvalue weighted by atomic mass is 10.00. The molecule has 28 heavy (non-hydrogen) atoms. The normalized spacial score (nSPS) is 14.1. The molecule has 1 amide bonds. The van der Waals surface area contributed by atoms with E-state index in [-0.39, 0.29) is 17.4 Å². The second kappa shape index (κ2) is 7.97. The molecule has 0 radical (unpaired) electrons. The van der Waals surface area contributed by atoms with Crippen molar-refractivity contribution in [1.82, 2.24) is 20.1 Å². The minimum absolute atomic E-state index is 0.0286. The van der Waals surface area contributed by atoms with E-state index < -0.39 is 0 Å². The molecular formula is C19H21N5O3S. The van der Waals surface area contributed by atoms with Crippen molar-refractivity contribution in [2.24, 2.45) is 5.92 Å². The molecule has 1 aliphatic heterocycles. The number of nitrogens with zero attached hydrogens (tertiary/aromatic N) is 4. The van der Waals surface area contributed by atoms with Gasteiger partial charge in [-0.25, -0.2) is 9.67 Å². The monoisotopic (exact) mass is 399 g/mol. The molecule has 0 unspecified atom stereocenters. The van der Waals surface area contributed by atoms with Crippen LogP contribution in [-0.2, 0) is 11.3 Å². The van der Waals surface area contributed by atoms with Crippen LogP contribution < -0.4 is 20.5 Å². The van der Waals surface area contributed by atoms with Gasteiger partial charge < -0.3 is 15.0 Å². The Hall–Kier alpha value is -2.94. The molecule has 1 fully saturated rings. The SMILES string of the molecule is COc1ccc2sc(N3CC(C(=O)NCCCn4ncccc4=O)C3)nc2c1. The van der Waals surface area contributed by atoms with Gasteiger partial charge in [-0.05, 0) is 24.6 Å². The van der Waals surface area contributed by atoms with Gasteiger partial charge in [0.25, 0.3) is 5.56 Å². The van der Waals surface area contributed by atoms with Crippen molar-refractivity contribution in [1.29, 1.82) is 0 Å². The number of benzene rings is 1. The Bertz CT molecular complexity index is 1040. The molecule has 8 nitrogen and oxygen atoms in total. The number of carbonyl (C=O) groups excluding carboxylic acids is 1. The molecule has 3 aromatic rings. The molecule has 0 atom stereocenters. The Labute approximate surface area is 165 Å². The van der Waals surface area contributed by atoms with E-state index in [1.54, 1.807) is 30.7 Å². The average molecular weight is 399 g/mol. The van der Waals surface area contributed by atoms with E-state index in [1.165, 1.54) is 10.7 Å². The van der Waals surface area contributed by atoms with Crippen LogP contribution in [-0.4, -0.2) is 47.4 Å². The second-order valence-electron chi connectivity index (χ2n) is 6.66. The van der Waals surface area contributed by atoms with Crippen LogP contribution in [0.5, 0.6) is 5.75 Å². The fraction of sp³-hybridized carbons (Fsp3) is 0.368. The van der Waals surface area contributed by atoms with Crippen LogP contribution in [0.3, 0.4) is 0 Å². The zero-order valence-corrected chi connectivity index (χ0v) is 16.3. The first-order valence-corrected chi connectivity index (χ1v) is 9.95. The van der Waals surface area contributed by atoms with Gasteiger partial charge in [0.2, 0.25) is 5.91 Å². The van der Waals surface area contributed by atoms with Crippen LogP contribution >= 0.6 is 11.3 Å². The fourth-order valence-corrected chi connectivity index (χ4v) is 4.06. The lowest BCUT2D eigenvalue weighted by molar-refractivity contribution is -0.125. The second-order valence-corrected chi connectivity index (χ2v) is 7.67. The number of hydrogen-bond donors (Lipinski definition) is 1. The highest BCUT2D eigenvalue weighted by atomic mass is 32.1. The van der Waals surface area contributed by atoms with Gasteiger partial charge >= 0.3 is 0 Å². The summed E-state index contributed by atoms with van der Waals surface area (Å²) in [6.45, 7) is 2.36. The Morgan fingerprint density at radius 2 is 2.21 bits per heavy atom. The Morgan fingerprint density at radius 3 is 3.00 bits per heavy atom. The third kappa shape index (κ3) is 3.84. The summed E-state index contributed by atoms with van der Waals surface area (Å²) in [5, 5.41) is 7.88. The number of rotatable bonds is 7. The number of anilines is 1. The van der Waals surface area contributed by atoms with Gasteiger partial charge in [-0.1, -0.05) is 11.3 Å². The number of carbonyl (C=O) groups is 1. The van der Waals surface area contributed by atoms with Gasteiger partial charge in [0.1, 0.15) is 5.75 Å². The predicted molar refractivity (Wildman–Crippen MR) is 108 cm³/mol. The minimum atomic E-state index is -0.128. The van der Waals surface area contributed by atoms with E-state index >= 15 is 0 Å². The van der Waals surface area contributed by atoms with Crippen molar-refractivity contribution >= 4 is 32.6 Å². The van der Waals surface area contributed by atoms with Gasteiger partial charge in [0, 0.05) is 44.5 Å². The maximum atomic E-state index is 12.3. The molecule has 0 bridgehead atoms. The van der Waals surface area contributed by atoms with Crippen molar-refractivity contribution in [3.05, 3.63) is 46.9 Å². The minimum Gasteiger partial charge on any atom is -0.497 e. The molecule has 0 spiro atoms. The number of fused-ring (bicyclic) bond motifs is 1. The first-order valence-electron chi connectivity index (χ1n) is 9.13. The molecule has 1 aromatic carbocycles. The zero-order valence-electron chi connectivity index (χ0n) is 15.5. The maximum Gasteiger partial charge on any atom is 0.266 e. The molecule has 9 heteroatoms. The summed E-state index contributed by atoms with van der Waals surface area (Å²) < 4.78 is 7.74. The molecule has 2 aromatic heterocycles. The summed E-state index contributed by atoms with van der Waals surface area (Å²) in [7, 11) is 1.64. The third-order valence-electron chi connectivity index (χ3n) is 4.74. The Balaban J connectivity index is 1.24. The lowest BCUT2D eigenvalue weighted by Crippen LogP contribution is -2.53. The van der Waals surface area contributed by atoms with Crippen molar-refractivity contribution in [2.45, 2.75) is 13.0 Å². The highest BCUT2D eigenvalue weighted by molar-refractivity contribution is 7.22. The summed E-state index contributed by atoms with van der Waals surface area (Å²) in [6, 6.07) is 8.95. The van der Waals surface area contributed by atoms with E-state index in [1.807, 2.05) is 18.2 Å². The number of hydrogen-bond acceptors (Lipinski definition) is 7. The van der Waals surface area contributed by atoms with E-state index in [9.17, 15) is 9.59 Å². The molecule has 1 saturated heterocycles. The molecule has 0 aliphatic carbocycles. The van der Waals surface area contributed by atoms with Gasteiger partial charge in [0.05, 0.1) is 23.2 Å². The molecule has 0 saturated carbocycles. The number of nitrogens with one attached hydrogen (secondary N) is 1. The van der Waals surface area contributed by atoms with Crippen LogP contribution in [0.1, 0.15) is 6.42 Å². The first-order chi connectivity index (χ1) is 13.6. The van der Waals surface area contributed by atoms with E-state index in [4.69, 9.17) is 4.74 Å². The quantitative estimate of drug-likeness (QED) is 0.606. The summed E-state index contributed by atoms with van der Waals surface area (Å²) >= 11 is 1.62. The van der Waals surface area contributed by atoms with Crippen molar-refractivity contribution in [3.8, 4) is 5.75 Å². The number of thiazole rings is 1. The van der Waals surface area contributed by atoms with Gasteiger partial charge in [-0.2, -0.15) is 5.10 Å². The lowest BCUT2D eigenvalue weighted by Gasteiger charge is -2.37. The summed E-state index contributed by atoms with van der Waals surface area (Å²) in [6.07, 6.45) is 2.25. The summed E-state index contributed by atoms with van der Waals surface area (Å²) in [4.78, 5) is 30.6. The highest BCUT2D eigenvalue weighted by Crippen LogP contribution is 2.34. The molecule has 4 rings (SSSR count). The van der Waals surface area contributed by atoms with Gasteiger partial charge in [-0.15, -0.1) is 0 Å². The van der Waals surface area contributed by atoms with E-state index in [2.05, 4.69) is 20.3 Å². The van der Waals surface area contributed by atoms with Crippen molar-refractivity contribution in [3.63, 3.8) is 0 Å². The summed E-state index contributed by atoms with van der Waals surface area (Å²) in [5.74, 6) is 0.810. The number of methoxy groups -OCH3 is 1. The number of amides is 1. The average Bonchev–Trinajstić information content (AvgIpc) is 3.07. The number of aryl methyl sites for hydroxylation is 1. The van der Waals surface area contributed by atoms with Crippen LogP contribution in [0, 0.1) is 5.92 Å². The van der Waals surface area contributed by atoms with E-state index in [0.717, 1.165) is 21.1 Å². The first kappa shape index (κ1) is 18.4. The fourth-order valence-electron chi connectivity index (χ4n) is 3.10. The van der Waals surface area contributed by atoms with Gasteiger partial charge in [0.15, 0.2) is 5.13 Å². The molecule has 146 valence electrons. The molecule has 1 N–H and O–H groups in total. The smallest absolute Gasteiger partial charge is 0.266 e. The topological polar surface area (TPSA) is 89.4 Å². The molecular weight excluding hydrogens is 378 g/mol. The zero-order chi connectivity index (χ0) is 19.5.